The molecule has 1 atom stereocenters. The Kier molecular flexibility index (Phi) is 4.61. The number of nitrogens with one attached hydrogen (secondary N) is 2. The van der Waals surface area contributed by atoms with Crippen LogP contribution >= 0.6 is 0 Å². The number of rotatable bonds is 4. The monoisotopic (exact) mass is 250 g/mol. The van der Waals surface area contributed by atoms with Gasteiger partial charge < -0.3 is 10.6 Å². The van der Waals surface area contributed by atoms with E-state index in [-0.39, 0.29) is 12.1 Å². The summed E-state index contributed by atoms with van der Waals surface area (Å²) in [5.41, 5.74) is 0. The van der Waals surface area contributed by atoms with Crippen LogP contribution in [0, 0.1) is 0 Å². The summed E-state index contributed by atoms with van der Waals surface area (Å²) in [6, 6.07) is 2.26. The van der Waals surface area contributed by atoms with Crippen molar-refractivity contribution in [1.82, 2.24) is 20.4 Å². The molecule has 100 valence electrons. The van der Waals surface area contributed by atoms with E-state index in [1.807, 2.05) is 23.9 Å². The fraction of sp³-hybridized carbons (Fsp3) is 0.692. The van der Waals surface area contributed by atoms with Crippen LogP contribution in [-0.4, -0.2) is 27.9 Å². The molecule has 0 spiro atoms. The number of hydrogen-bond acceptors (Lipinski definition) is 2. The minimum Gasteiger partial charge on any atom is -0.335 e. The van der Waals surface area contributed by atoms with Crippen molar-refractivity contribution in [2.45, 2.75) is 57.7 Å². The average Bonchev–Trinajstić information content (AvgIpc) is 2.82. The maximum atomic E-state index is 11.8. The summed E-state index contributed by atoms with van der Waals surface area (Å²) in [5, 5.41) is 10.1. The summed E-state index contributed by atoms with van der Waals surface area (Å²) >= 11 is 0. The van der Waals surface area contributed by atoms with Crippen LogP contribution < -0.4 is 10.6 Å². The van der Waals surface area contributed by atoms with Gasteiger partial charge in [-0.25, -0.2) is 4.79 Å². The molecule has 0 saturated heterocycles. The van der Waals surface area contributed by atoms with Gasteiger partial charge in [-0.15, -0.1) is 0 Å². The van der Waals surface area contributed by atoms with Crippen LogP contribution in [0.1, 0.15) is 39.0 Å². The maximum absolute atomic E-state index is 11.8. The zero-order valence-corrected chi connectivity index (χ0v) is 10.9. The first-order valence-corrected chi connectivity index (χ1v) is 6.78. The molecule has 1 aromatic rings. The van der Waals surface area contributed by atoms with Gasteiger partial charge in [-0.2, -0.15) is 5.10 Å². The number of urea groups is 1. The maximum Gasteiger partial charge on any atom is 0.315 e. The fourth-order valence-electron chi connectivity index (χ4n) is 2.43. The zero-order valence-electron chi connectivity index (χ0n) is 10.9. The second-order valence-electron chi connectivity index (χ2n) is 5.08. The Balaban J connectivity index is 1.69. The standard InChI is InChI=1S/C13H22N4O/c1-11(10-17-9-5-8-14-17)15-13(18)16-12-6-3-2-4-7-12/h5,8-9,11-12H,2-4,6-7,10H2,1H3,(H2,15,16,18)/t11-/m1/s1. The van der Waals surface area contributed by atoms with Gasteiger partial charge in [0.1, 0.15) is 0 Å². The van der Waals surface area contributed by atoms with E-state index in [0.29, 0.717) is 12.6 Å². The largest absolute Gasteiger partial charge is 0.335 e. The third-order valence-corrected chi connectivity index (χ3v) is 3.34. The van der Waals surface area contributed by atoms with Crippen LogP contribution in [-0.2, 0) is 6.54 Å². The first kappa shape index (κ1) is 12.9. The van der Waals surface area contributed by atoms with Crippen LogP contribution in [0.25, 0.3) is 0 Å². The predicted molar refractivity (Wildman–Crippen MR) is 70.2 cm³/mol. The Bertz CT molecular complexity index is 357. The van der Waals surface area contributed by atoms with E-state index in [0.717, 1.165) is 12.8 Å². The lowest BCUT2D eigenvalue weighted by Crippen LogP contribution is -2.47. The summed E-state index contributed by atoms with van der Waals surface area (Å²) in [5.74, 6) is 0. The number of amides is 2. The highest BCUT2D eigenvalue weighted by Crippen LogP contribution is 2.17. The number of carbonyl (C=O) groups is 1. The van der Waals surface area contributed by atoms with E-state index in [1.165, 1.54) is 19.3 Å². The zero-order chi connectivity index (χ0) is 12.8. The van der Waals surface area contributed by atoms with E-state index < -0.39 is 0 Å². The highest BCUT2D eigenvalue weighted by atomic mass is 16.2. The van der Waals surface area contributed by atoms with Crippen LogP contribution in [0.3, 0.4) is 0 Å². The molecule has 18 heavy (non-hydrogen) atoms. The first-order valence-electron chi connectivity index (χ1n) is 6.78. The molecule has 2 N–H and O–H groups in total. The molecule has 0 aromatic carbocycles. The van der Waals surface area contributed by atoms with Gasteiger partial charge in [0.25, 0.3) is 0 Å². The first-order chi connectivity index (χ1) is 8.74. The normalized spacial score (nSPS) is 18.3. The van der Waals surface area contributed by atoms with E-state index >= 15 is 0 Å². The Morgan fingerprint density at radius 3 is 2.89 bits per heavy atom. The van der Waals surface area contributed by atoms with Gasteiger partial charge in [-0.05, 0) is 25.8 Å². The van der Waals surface area contributed by atoms with Gasteiger partial charge in [0.05, 0.1) is 6.54 Å². The van der Waals surface area contributed by atoms with Crippen LogP contribution in [0.2, 0.25) is 0 Å². The van der Waals surface area contributed by atoms with Crippen molar-refractivity contribution in [3.05, 3.63) is 18.5 Å². The van der Waals surface area contributed by atoms with Gasteiger partial charge >= 0.3 is 6.03 Å². The summed E-state index contributed by atoms with van der Waals surface area (Å²) in [6.07, 6.45) is 9.63. The molecule has 0 aliphatic heterocycles. The van der Waals surface area contributed by atoms with Gasteiger partial charge in [0.2, 0.25) is 0 Å². The van der Waals surface area contributed by atoms with Crippen molar-refractivity contribution in [1.29, 1.82) is 0 Å². The summed E-state index contributed by atoms with van der Waals surface area (Å²) in [4.78, 5) is 11.8. The van der Waals surface area contributed by atoms with Gasteiger partial charge in [0.15, 0.2) is 0 Å². The molecule has 1 saturated carbocycles. The summed E-state index contributed by atoms with van der Waals surface area (Å²) in [7, 11) is 0. The predicted octanol–water partition coefficient (Wildman–Crippen LogP) is 1.90. The molecule has 5 heteroatoms. The number of nitrogens with zero attached hydrogens (tertiary/aromatic N) is 2. The lowest BCUT2D eigenvalue weighted by atomic mass is 9.96. The van der Waals surface area contributed by atoms with Crippen molar-refractivity contribution in [2.24, 2.45) is 0 Å². The second kappa shape index (κ2) is 6.42. The minimum absolute atomic E-state index is 0.0541. The van der Waals surface area contributed by atoms with Crippen molar-refractivity contribution in [3.8, 4) is 0 Å². The van der Waals surface area contributed by atoms with E-state index in [1.54, 1.807) is 6.20 Å². The number of hydrogen-bond donors (Lipinski definition) is 2. The van der Waals surface area contributed by atoms with Gasteiger partial charge in [-0.3, -0.25) is 4.68 Å². The average molecular weight is 250 g/mol. The SMILES string of the molecule is C[C@H](Cn1cccn1)NC(=O)NC1CCCCC1. The molecule has 2 amide bonds. The fourth-order valence-corrected chi connectivity index (χ4v) is 2.43. The van der Waals surface area contributed by atoms with Crippen molar-refractivity contribution >= 4 is 6.03 Å². The number of carbonyl (C=O) groups excluding carboxylic acids is 1. The van der Waals surface area contributed by atoms with Crippen molar-refractivity contribution in [3.63, 3.8) is 0 Å². The molecule has 0 unspecified atom stereocenters. The molecule has 1 fully saturated rings. The molecule has 1 aromatic heterocycles. The quantitative estimate of drug-likeness (QED) is 0.857. The Labute approximate surface area is 108 Å². The van der Waals surface area contributed by atoms with Gasteiger partial charge in [0, 0.05) is 24.5 Å². The third-order valence-electron chi connectivity index (χ3n) is 3.34. The minimum atomic E-state index is -0.0541. The second-order valence-corrected chi connectivity index (χ2v) is 5.08. The molecule has 5 nitrogen and oxygen atoms in total. The molecule has 0 radical (unpaired) electrons. The lowest BCUT2D eigenvalue weighted by molar-refractivity contribution is 0.228. The molecule has 1 aliphatic carbocycles. The smallest absolute Gasteiger partial charge is 0.315 e. The third kappa shape index (κ3) is 4.05. The Morgan fingerprint density at radius 2 is 2.22 bits per heavy atom. The number of aromatic nitrogens is 2. The van der Waals surface area contributed by atoms with Crippen LogP contribution in [0.15, 0.2) is 18.5 Å². The van der Waals surface area contributed by atoms with E-state index in [2.05, 4.69) is 15.7 Å². The lowest BCUT2D eigenvalue weighted by Gasteiger charge is -2.24. The molecular weight excluding hydrogens is 228 g/mol. The molecule has 1 heterocycles. The van der Waals surface area contributed by atoms with E-state index in [4.69, 9.17) is 0 Å². The van der Waals surface area contributed by atoms with Gasteiger partial charge in [-0.1, -0.05) is 19.3 Å². The molecule has 0 bridgehead atoms. The molecule has 1 aliphatic rings. The van der Waals surface area contributed by atoms with Crippen LogP contribution in [0.5, 0.6) is 0 Å². The highest BCUT2D eigenvalue weighted by molar-refractivity contribution is 5.74. The Hall–Kier alpha value is -1.52. The summed E-state index contributed by atoms with van der Waals surface area (Å²) < 4.78 is 1.82. The van der Waals surface area contributed by atoms with Crippen LogP contribution in [0.4, 0.5) is 4.79 Å². The molecule has 2 rings (SSSR count). The summed E-state index contributed by atoms with van der Waals surface area (Å²) in [6.45, 7) is 2.69. The van der Waals surface area contributed by atoms with E-state index in [9.17, 15) is 4.79 Å². The van der Waals surface area contributed by atoms with Crippen molar-refractivity contribution in [2.75, 3.05) is 0 Å². The molecular formula is C13H22N4O. The van der Waals surface area contributed by atoms with Crippen molar-refractivity contribution < 1.29 is 4.79 Å². The topological polar surface area (TPSA) is 59.0 Å². The Morgan fingerprint density at radius 1 is 1.44 bits per heavy atom. The highest BCUT2D eigenvalue weighted by Gasteiger charge is 2.16.